The van der Waals surface area contributed by atoms with Gasteiger partial charge in [-0.1, -0.05) is 11.6 Å². The molecular weight excluding hydrogens is 269 g/mol. The van der Waals surface area contributed by atoms with E-state index in [4.69, 9.17) is 11.6 Å². The minimum Gasteiger partial charge on any atom is -0.362 e. The number of aromatic nitrogens is 3. The lowest BCUT2D eigenvalue weighted by molar-refractivity contribution is 0.217. The third-order valence-corrected chi connectivity index (χ3v) is 3.08. The topological polar surface area (TPSA) is 33.4 Å². The maximum Gasteiger partial charge on any atom is 0.234 e. The van der Waals surface area contributed by atoms with Gasteiger partial charge in [-0.15, -0.1) is 0 Å². The molecule has 0 amide bonds. The first-order valence-electron chi connectivity index (χ1n) is 5.29. The van der Waals surface area contributed by atoms with Crippen molar-refractivity contribution in [1.29, 1.82) is 0 Å². The van der Waals surface area contributed by atoms with Crippen LogP contribution in [0.1, 0.15) is 0 Å². The summed E-state index contributed by atoms with van der Waals surface area (Å²) in [5.74, 6) is -0.679. The molecule has 0 unspecified atom stereocenters. The molecule has 4 nitrogen and oxygen atoms in total. The molecule has 1 saturated heterocycles. The zero-order valence-electron chi connectivity index (χ0n) is 9.02. The van der Waals surface area contributed by atoms with Crippen molar-refractivity contribution in [3.63, 3.8) is 0 Å². The molecule has 1 aliphatic rings. The molecular formula is C10H8ClF3N4. The predicted molar refractivity (Wildman–Crippen MR) is 60.0 cm³/mol. The number of fused-ring (bicyclic) bond motifs is 1. The van der Waals surface area contributed by atoms with Crippen LogP contribution in [0.25, 0.3) is 5.65 Å². The standard InChI is InChI=1S/C10H8ClF3N4/c11-8-1-7(17-3-5(12)6(13)4-17)10-15-2-9(14)18(10)16-8/h1-2,5-6H,3-4H2/t5-,6+. The van der Waals surface area contributed by atoms with Crippen LogP contribution in [0.4, 0.5) is 18.9 Å². The molecule has 1 fully saturated rings. The molecule has 18 heavy (non-hydrogen) atoms. The van der Waals surface area contributed by atoms with E-state index in [9.17, 15) is 13.2 Å². The van der Waals surface area contributed by atoms with Crippen LogP contribution in [-0.4, -0.2) is 40.0 Å². The first-order valence-corrected chi connectivity index (χ1v) is 5.67. The number of rotatable bonds is 1. The monoisotopic (exact) mass is 276 g/mol. The molecule has 2 atom stereocenters. The van der Waals surface area contributed by atoms with Gasteiger partial charge in [-0.2, -0.15) is 14.0 Å². The Kier molecular flexibility index (Phi) is 2.58. The van der Waals surface area contributed by atoms with Crippen LogP contribution in [0.15, 0.2) is 12.3 Å². The van der Waals surface area contributed by atoms with Crippen LogP contribution >= 0.6 is 11.6 Å². The van der Waals surface area contributed by atoms with E-state index >= 15 is 0 Å². The molecule has 0 radical (unpaired) electrons. The Morgan fingerprint density at radius 2 is 1.94 bits per heavy atom. The molecule has 2 aromatic rings. The Balaban J connectivity index is 2.11. The van der Waals surface area contributed by atoms with Gasteiger partial charge in [0.25, 0.3) is 0 Å². The fourth-order valence-corrected chi connectivity index (χ4v) is 2.23. The quantitative estimate of drug-likeness (QED) is 0.799. The summed E-state index contributed by atoms with van der Waals surface area (Å²) >= 11 is 5.76. The van der Waals surface area contributed by atoms with Crippen molar-refractivity contribution in [3.8, 4) is 0 Å². The molecule has 0 spiro atoms. The molecule has 0 saturated carbocycles. The molecule has 1 aliphatic heterocycles. The fraction of sp³-hybridized carbons (Fsp3) is 0.400. The van der Waals surface area contributed by atoms with E-state index in [1.807, 2.05) is 0 Å². The van der Waals surface area contributed by atoms with Gasteiger partial charge >= 0.3 is 0 Å². The van der Waals surface area contributed by atoms with Gasteiger partial charge in [0, 0.05) is 6.07 Å². The molecule has 0 aliphatic carbocycles. The average Bonchev–Trinajstić information content (AvgIpc) is 2.84. The van der Waals surface area contributed by atoms with E-state index in [1.165, 1.54) is 11.0 Å². The number of anilines is 1. The summed E-state index contributed by atoms with van der Waals surface area (Å²) in [7, 11) is 0. The van der Waals surface area contributed by atoms with Gasteiger partial charge in [-0.05, 0) is 0 Å². The Morgan fingerprint density at radius 1 is 1.28 bits per heavy atom. The zero-order chi connectivity index (χ0) is 12.9. The van der Waals surface area contributed by atoms with Gasteiger partial charge in [-0.25, -0.2) is 13.8 Å². The van der Waals surface area contributed by atoms with Gasteiger partial charge in [0.1, 0.15) is 0 Å². The first-order chi connectivity index (χ1) is 8.56. The van der Waals surface area contributed by atoms with Crippen LogP contribution in [0.3, 0.4) is 0 Å². The van der Waals surface area contributed by atoms with E-state index in [0.717, 1.165) is 10.7 Å². The summed E-state index contributed by atoms with van der Waals surface area (Å²) in [6.45, 7) is -0.211. The number of nitrogens with zero attached hydrogens (tertiary/aromatic N) is 4. The summed E-state index contributed by atoms with van der Waals surface area (Å²) in [5, 5.41) is 3.77. The molecule has 3 rings (SSSR count). The normalized spacial score (nSPS) is 24.1. The van der Waals surface area contributed by atoms with Crippen LogP contribution in [0.2, 0.25) is 5.15 Å². The van der Waals surface area contributed by atoms with Gasteiger partial charge in [0.15, 0.2) is 23.1 Å². The highest BCUT2D eigenvalue weighted by molar-refractivity contribution is 6.29. The summed E-state index contributed by atoms with van der Waals surface area (Å²) in [6.07, 6.45) is -2.13. The van der Waals surface area contributed by atoms with Gasteiger partial charge < -0.3 is 4.90 Å². The van der Waals surface area contributed by atoms with Crippen LogP contribution in [-0.2, 0) is 0 Å². The smallest absolute Gasteiger partial charge is 0.234 e. The Bertz CT molecular complexity index is 592. The van der Waals surface area contributed by atoms with Crippen molar-refractivity contribution in [2.45, 2.75) is 12.3 Å². The molecule has 3 heterocycles. The summed E-state index contributed by atoms with van der Waals surface area (Å²) in [6, 6.07) is 1.42. The SMILES string of the molecule is Fc1cnc2c(N3C[C@@H](F)[C@@H](F)C3)cc(Cl)nn12. The van der Waals surface area contributed by atoms with Crippen LogP contribution < -0.4 is 4.90 Å². The molecule has 0 N–H and O–H groups in total. The third-order valence-electron chi connectivity index (χ3n) is 2.90. The highest BCUT2D eigenvalue weighted by Gasteiger charge is 2.34. The van der Waals surface area contributed by atoms with E-state index < -0.39 is 18.3 Å². The maximum atomic E-state index is 13.4. The Morgan fingerprint density at radius 3 is 2.61 bits per heavy atom. The Labute approximate surface area is 105 Å². The summed E-state index contributed by atoms with van der Waals surface area (Å²) < 4.78 is 40.7. The van der Waals surface area contributed by atoms with Gasteiger partial charge in [0.2, 0.25) is 5.95 Å². The maximum absolute atomic E-state index is 13.4. The second-order valence-electron chi connectivity index (χ2n) is 4.11. The summed E-state index contributed by atoms with van der Waals surface area (Å²) in [4.78, 5) is 5.28. The molecule has 96 valence electrons. The lowest BCUT2D eigenvalue weighted by atomic mass is 10.3. The highest BCUT2D eigenvalue weighted by atomic mass is 35.5. The first kappa shape index (κ1) is 11.6. The van der Waals surface area contributed by atoms with Crippen LogP contribution in [0.5, 0.6) is 0 Å². The second kappa shape index (κ2) is 4.01. The second-order valence-corrected chi connectivity index (χ2v) is 4.49. The lowest BCUT2D eigenvalue weighted by Crippen LogP contribution is -2.21. The summed E-state index contributed by atoms with van der Waals surface area (Å²) in [5.41, 5.74) is 0.569. The van der Waals surface area contributed by atoms with E-state index in [1.54, 1.807) is 0 Å². The van der Waals surface area contributed by atoms with Crippen molar-refractivity contribution < 1.29 is 13.2 Å². The lowest BCUT2D eigenvalue weighted by Gasteiger charge is -2.17. The molecule has 8 heteroatoms. The number of hydrogen-bond acceptors (Lipinski definition) is 3. The zero-order valence-corrected chi connectivity index (χ0v) is 9.78. The van der Waals surface area contributed by atoms with E-state index in [2.05, 4.69) is 10.1 Å². The third kappa shape index (κ3) is 1.69. The number of imidazole rings is 1. The molecule has 0 aromatic carbocycles. The van der Waals surface area contributed by atoms with Crippen molar-refractivity contribution in [1.82, 2.24) is 14.6 Å². The molecule has 0 bridgehead atoms. The minimum absolute atomic E-state index is 0.0344. The number of halogens is 4. The van der Waals surface area contributed by atoms with Crippen LogP contribution in [0, 0.1) is 5.95 Å². The van der Waals surface area contributed by atoms with E-state index in [-0.39, 0.29) is 23.9 Å². The fourth-order valence-electron chi connectivity index (χ4n) is 2.05. The minimum atomic E-state index is -1.56. The Hall–Kier alpha value is -1.50. The number of hydrogen-bond donors (Lipinski definition) is 0. The highest BCUT2D eigenvalue weighted by Crippen LogP contribution is 2.29. The van der Waals surface area contributed by atoms with Gasteiger partial charge in [0.05, 0.1) is 25.0 Å². The molecule has 2 aromatic heterocycles. The van der Waals surface area contributed by atoms with Gasteiger partial charge in [-0.3, -0.25) is 0 Å². The average molecular weight is 277 g/mol. The van der Waals surface area contributed by atoms with Crippen molar-refractivity contribution in [2.75, 3.05) is 18.0 Å². The van der Waals surface area contributed by atoms with E-state index in [0.29, 0.717) is 5.69 Å². The van der Waals surface area contributed by atoms with Crippen molar-refractivity contribution in [3.05, 3.63) is 23.4 Å². The van der Waals surface area contributed by atoms with Crippen molar-refractivity contribution in [2.24, 2.45) is 0 Å². The predicted octanol–water partition coefficient (Wildman–Crippen LogP) is 2.02. The number of alkyl halides is 2. The largest absolute Gasteiger partial charge is 0.362 e. The van der Waals surface area contributed by atoms with Crippen molar-refractivity contribution >= 4 is 22.9 Å².